The van der Waals surface area contributed by atoms with Crippen molar-refractivity contribution >= 4 is 33.6 Å². The molecule has 0 atom stereocenters. The van der Waals surface area contributed by atoms with Crippen LogP contribution >= 0.6 is 15.9 Å². The van der Waals surface area contributed by atoms with Crippen LogP contribution in [-0.2, 0) is 4.79 Å². The minimum atomic E-state index is -0.868. The Labute approximate surface area is 128 Å². The van der Waals surface area contributed by atoms with Crippen LogP contribution in [0, 0.1) is 17.6 Å². The molecule has 0 radical (unpaired) electrons. The number of hydrogen-bond acceptors (Lipinski definition) is 2. The van der Waals surface area contributed by atoms with Gasteiger partial charge in [0, 0.05) is 18.8 Å². The molecule has 2 amide bonds. The summed E-state index contributed by atoms with van der Waals surface area (Å²) in [7, 11) is 0. The largest absolute Gasteiger partial charge is 0.481 e. The van der Waals surface area contributed by atoms with Gasteiger partial charge in [0.25, 0.3) is 0 Å². The van der Waals surface area contributed by atoms with E-state index in [9.17, 15) is 18.4 Å². The van der Waals surface area contributed by atoms with Crippen molar-refractivity contribution in [2.45, 2.75) is 12.8 Å². The number of hydrogen-bond donors (Lipinski definition) is 2. The van der Waals surface area contributed by atoms with Crippen LogP contribution in [0.4, 0.5) is 19.3 Å². The molecule has 1 aromatic carbocycles. The average molecular weight is 363 g/mol. The number of piperidine rings is 1. The minimum absolute atomic E-state index is 0.0126. The molecule has 8 heteroatoms. The number of carbonyl (C=O) groups excluding carboxylic acids is 1. The molecule has 1 aliphatic heterocycles. The fraction of sp³-hybridized carbons (Fsp3) is 0.385. The molecule has 0 spiro atoms. The van der Waals surface area contributed by atoms with E-state index in [4.69, 9.17) is 5.11 Å². The van der Waals surface area contributed by atoms with Crippen LogP contribution in [-0.4, -0.2) is 35.1 Å². The molecule has 1 fully saturated rings. The highest BCUT2D eigenvalue weighted by molar-refractivity contribution is 9.10. The topological polar surface area (TPSA) is 69.6 Å². The molecule has 2 rings (SSSR count). The number of benzene rings is 1. The monoisotopic (exact) mass is 362 g/mol. The van der Waals surface area contributed by atoms with Crippen molar-refractivity contribution in [2.24, 2.45) is 5.92 Å². The number of urea groups is 1. The first-order chi connectivity index (χ1) is 9.88. The Morgan fingerprint density at radius 3 is 2.24 bits per heavy atom. The van der Waals surface area contributed by atoms with Crippen molar-refractivity contribution in [3.63, 3.8) is 0 Å². The summed E-state index contributed by atoms with van der Waals surface area (Å²) in [6, 6.07) is 1.52. The van der Waals surface area contributed by atoms with Gasteiger partial charge in [-0.25, -0.2) is 13.6 Å². The zero-order valence-corrected chi connectivity index (χ0v) is 12.5. The van der Waals surface area contributed by atoms with Gasteiger partial charge < -0.3 is 15.3 Å². The van der Waals surface area contributed by atoms with Crippen molar-refractivity contribution < 1.29 is 23.5 Å². The van der Waals surface area contributed by atoms with E-state index in [2.05, 4.69) is 21.2 Å². The van der Waals surface area contributed by atoms with Gasteiger partial charge in [-0.05, 0) is 40.9 Å². The van der Waals surface area contributed by atoms with Crippen LogP contribution < -0.4 is 5.32 Å². The molecule has 1 aromatic rings. The molecule has 0 unspecified atom stereocenters. The predicted molar refractivity (Wildman–Crippen MR) is 75.0 cm³/mol. The zero-order valence-electron chi connectivity index (χ0n) is 10.9. The van der Waals surface area contributed by atoms with Gasteiger partial charge >= 0.3 is 12.0 Å². The second kappa shape index (κ2) is 6.38. The maximum atomic E-state index is 13.4. The third kappa shape index (κ3) is 3.69. The zero-order chi connectivity index (χ0) is 15.6. The van der Waals surface area contributed by atoms with Gasteiger partial charge in [0.15, 0.2) is 0 Å². The molecule has 2 N–H and O–H groups in total. The molecular formula is C13H13BrF2N2O3. The number of anilines is 1. The van der Waals surface area contributed by atoms with Gasteiger partial charge in [0.1, 0.15) is 11.6 Å². The van der Waals surface area contributed by atoms with E-state index < -0.39 is 29.6 Å². The van der Waals surface area contributed by atoms with Gasteiger partial charge in [0.2, 0.25) is 0 Å². The lowest BCUT2D eigenvalue weighted by Gasteiger charge is -2.30. The molecule has 0 aliphatic carbocycles. The smallest absolute Gasteiger partial charge is 0.321 e. The van der Waals surface area contributed by atoms with Gasteiger partial charge in [-0.2, -0.15) is 0 Å². The second-order valence-corrected chi connectivity index (χ2v) is 5.58. The summed E-state index contributed by atoms with van der Waals surface area (Å²) < 4.78 is 26.4. The van der Waals surface area contributed by atoms with E-state index in [-0.39, 0.29) is 10.2 Å². The number of carbonyl (C=O) groups is 2. The van der Waals surface area contributed by atoms with E-state index in [0.29, 0.717) is 25.9 Å². The van der Waals surface area contributed by atoms with Crippen LogP contribution in [0.3, 0.4) is 0 Å². The highest BCUT2D eigenvalue weighted by Crippen LogP contribution is 2.24. The number of halogens is 3. The highest BCUT2D eigenvalue weighted by Gasteiger charge is 2.27. The molecular weight excluding hydrogens is 350 g/mol. The summed E-state index contributed by atoms with van der Waals surface area (Å²) in [6.07, 6.45) is 0.734. The third-order valence-electron chi connectivity index (χ3n) is 3.37. The molecule has 0 saturated carbocycles. The van der Waals surface area contributed by atoms with E-state index >= 15 is 0 Å². The Hall–Kier alpha value is -1.70. The summed E-state index contributed by atoms with van der Waals surface area (Å²) in [4.78, 5) is 24.2. The van der Waals surface area contributed by atoms with Crippen LogP contribution in [0.5, 0.6) is 0 Å². The van der Waals surface area contributed by atoms with Gasteiger partial charge in [-0.3, -0.25) is 4.79 Å². The minimum Gasteiger partial charge on any atom is -0.481 e. The van der Waals surface area contributed by atoms with Gasteiger partial charge in [-0.15, -0.1) is 0 Å². The van der Waals surface area contributed by atoms with E-state index in [1.807, 2.05) is 0 Å². The number of nitrogens with zero attached hydrogens (tertiary/aromatic N) is 1. The summed E-state index contributed by atoms with van der Waals surface area (Å²) in [5.74, 6) is -2.94. The Balaban J connectivity index is 1.98. The normalized spacial score (nSPS) is 15.9. The molecule has 1 heterocycles. The number of aliphatic carboxylic acids is 1. The third-order valence-corrected chi connectivity index (χ3v) is 4.12. The lowest BCUT2D eigenvalue weighted by molar-refractivity contribution is -0.143. The van der Waals surface area contributed by atoms with E-state index in [1.165, 1.54) is 4.90 Å². The number of amides is 2. The Kier molecular flexibility index (Phi) is 4.76. The van der Waals surface area contributed by atoms with Crippen molar-refractivity contribution in [2.75, 3.05) is 18.4 Å². The quantitative estimate of drug-likeness (QED) is 0.794. The molecule has 114 valence electrons. The molecule has 21 heavy (non-hydrogen) atoms. The summed E-state index contributed by atoms with van der Waals surface area (Å²) >= 11 is 2.75. The Morgan fingerprint density at radius 1 is 1.24 bits per heavy atom. The van der Waals surface area contributed by atoms with E-state index in [1.54, 1.807) is 0 Å². The first-order valence-corrected chi connectivity index (χ1v) is 7.11. The maximum absolute atomic E-state index is 13.4. The first kappa shape index (κ1) is 15.7. The van der Waals surface area contributed by atoms with Gasteiger partial charge in [-0.1, -0.05) is 0 Å². The summed E-state index contributed by atoms with van der Waals surface area (Å²) in [5.41, 5.74) is 0.0126. The summed E-state index contributed by atoms with van der Waals surface area (Å²) in [6.45, 7) is 0.592. The lowest BCUT2D eigenvalue weighted by Crippen LogP contribution is -2.42. The van der Waals surface area contributed by atoms with Crippen molar-refractivity contribution in [3.8, 4) is 0 Å². The number of carboxylic acids is 1. The van der Waals surface area contributed by atoms with Gasteiger partial charge in [0.05, 0.1) is 10.4 Å². The maximum Gasteiger partial charge on any atom is 0.321 e. The average Bonchev–Trinajstić information content (AvgIpc) is 2.44. The van der Waals surface area contributed by atoms with Crippen LogP contribution in [0.15, 0.2) is 16.6 Å². The summed E-state index contributed by atoms with van der Waals surface area (Å²) in [5, 5.41) is 11.3. The molecule has 0 bridgehead atoms. The number of likely N-dealkylation sites (tertiary alicyclic amines) is 1. The van der Waals surface area contributed by atoms with Crippen molar-refractivity contribution in [1.29, 1.82) is 0 Å². The molecule has 5 nitrogen and oxygen atoms in total. The molecule has 1 saturated heterocycles. The fourth-order valence-electron chi connectivity index (χ4n) is 2.16. The number of nitrogens with one attached hydrogen (secondary N) is 1. The number of rotatable bonds is 2. The molecule has 0 aromatic heterocycles. The molecule has 1 aliphatic rings. The first-order valence-electron chi connectivity index (χ1n) is 6.31. The lowest BCUT2D eigenvalue weighted by atomic mass is 9.97. The second-order valence-electron chi connectivity index (χ2n) is 4.78. The van der Waals surface area contributed by atoms with Crippen LogP contribution in [0.2, 0.25) is 0 Å². The number of carboxylic acid groups (broad SMARTS) is 1. The Bertz CT molecular complexity index is 552. The SMILES string of the molecule is O=C(O)C1CCN(C(=O)Nc2cc(F)c(Br)c(F)c2)CC1. The Morgan fingerprint density at radius 2 is 1.76 bits per heavy atom. The van der Waals surface area contributed by atoms with E-state index in [0.717, 1.165) is 12.1 Å². The van der Waals surface area contributed by atoms with Crippen molar-refractivity contribution in [3.05, 3.63) is 28.2 Å². The highest BCUT2D eigenvalue weighted by atomic mass is 79.9. The van der Waals surface area contributed by atoms with Crippen LogP contribution in [0.1, 0.15) is 12.8 Å². The van der Waals surface area contributed by atoms with Crippen molar-refractivity contribution in [1.82, 2.24) is 4.90 Å². The van der Waals surface area contributed by atoms with Crippen LogP contribution in [0.25, 0.3) is 0 Å². The predicted octanol–water partition coefficient (Wildman–Crippen LogP) is 3.06. The standard InChI is InChI=1S/C13H13BrF2N2O3/c14-11-9(15)5-8(6-10(11)16)17-13(21)18-3-1-7(2-4-18)12(19)20/h5-7H,1-4H2,(H,17,21)(H,19,20). The fourth-order valence-corrected chi connectivity index (χ4v) is 2.39.